The minimum absolute atomic E-state index is 0.487. The zero-order chi connectivity index (χ0) is 18.1. The van der Waals surface area contributed by atoms with Gasteiger partial charge in [0.25, 0.3) is 0 Å². The smallest absolute Gasteiger partial charge is 0.0523 e. The highest BCUT2D eigenvalue weighted by Crippen LogP contribution is 2.33. The molecule has 25 heavy (non-hydrogen) atoms. The molecule has 0 spiro atoms. The molecule has 2 aromatic rings. The summed E-state index contributed by atoms with van der Waals surface area (Å²) in [7, 11) is 0. The van der Waals surface area contributed by atoms with Gasteiger partial charge in [0.1, 0.15) is 0 Å². The third-order valence-corrected chi connectivity index (χ3v) is 5.17. The fraction of sp³-hybridized carbons (Fsp3) is 0.455. The Bertz CT molecular complexity index is 625. The topological polar surface area (TPSA) is 24.1 Å². The van der Waals surface area contributed by atoms with Crippen LogP contribution in [0.2, 0.25) is 0 Å². The first-order valence-electron chi connectivity index (χ1n) is 9.44. The maximum absolute atomic E-state index is 3.65. The van der Waals surface area contributed by atoms with Crippen LogP contribution in [0.15, 0.2) is 53.4 Å². The van der Waals surface area contributed by atoms with Crippen LogP contribution in [0.25, 0.3) is 0 Å². The number of unbranched alkanes of at least 4 members (excludes halogenated alkanes) is 1. The van der Waals surface area contributed by atoms with E-state index >= 15 is 0 Å². The Morgan fingerprint density at radius 2 is 1.72 bits per heavy atom. The van der Waals surface area contributed by atoms with Gasteiger partial charge in [-0.25, -0.2) is 0 Å². The minimum Gasteiger partial charge on any atom is -0.383 e. The average molecular weight is 357 g/mol. The zero-order valence-corrected chi connectivity index (χ0v) is 16.8. The first kappa shape index (κ1) is 19.7. The SMILES string of the molecule is CCCCSc1cc(NC(C)CC(C)C)ccc1Nc1ccccc1. The van der Waals surface area contributed by atoms with E-state index in [1.807, 2.05) is 17.8 Å². The first-order valence-corrected chi connectivity index (χ1v) is 10.4. The molecule has 136 valence electrons. The van der Waals surface area contributed by atoms with E-state index in [1.54, 1.807) is 0 Å². The van der Waals surface area contributed by atoms with Crippen LogP contribution in [0.4, 0.5) is 17.1 Å². The van der Waals surface area contributed by atoms with Crippen molar-refractivity contribution < 1.29 is 0 Å². The molecule has 0 fully saturated rings. The Balaban J connectivity index is 2.14. The lowest BCUT2D eigenvalue weighted by Crippen LogP contribution is -2.17. The third kappa shape index (κ3) is 7.03. The molecular weight excluding hydrogens is 324 g/mol. The van der Waals surface area contributed by atoms with Gasteiger partial charge >= 0.3 is 0 Å². The van der Waals surface area contributed by atoms with E-state index in [1.165, 1.54) is 35.5 Å². The first-order chi connectivity index (χ1) is 12.1. The fourth-order valence-electron chi connectivity index (χ4n) is 2.89. The molecule has 1 unspecified atom stereocenters. The number of hydrogen-bond acceptors (Lipinski definition) is 3. The van der Waals surface area contributed by atoms with Gasteiger partial charge in [0.15, 0.2) is 0 Å². The standard InChI is InChI=1S/C22H32N2S/c1-5-6-14-25-22-16-20(23-18(4)15-17(2)3)12-13-21(22)24-19-10-8-7-9-11-19/h7-13,16-18,23-24H,5-6,14-15H2,1-4H3. The van der Waals surface area contributed by atoms with Crippen molar-refractivity contribution in [1.29, 1.82) is 0 Å². The van der Waals surface area contributed by atoms with Crippen LogP contribution >= 0.6 is 11.8 Å². The zero-order valence-electron chi connectivity index (χ0n) is 16.0. The molecule has 0 bridgehead atoms. The van der Waals surface area contributed by atoms with E-state index in [9.17, 15) is 0 Å². The summed E-state index contributed by atoms with van der Waals surface area (Å²) in [6.07, 6.45) is 3.66. The van der Waals surface area contributed by atoms with E-state index < -0.39 is 0 Å². The van der Waals surface area contributed by atoms with E-state index in [2.05, 4.69) is 80.8 Å². The summed E-state index contributed by atoms with van der Waals surface area (Å²) in [6.45, 7) is 9.06. The molecule has 0 amide bonds. The second-order valence-electron chi connectivity index (χ2n) is 7.08. The molecule has 0 aliphatic rings. The van der Waals surface area contributed by atoms with Crippen molar-refractivity contribution in [3.8, 4) is 0 Å². The molecule has 0 saturated carbocycles. The quantitative estimate of drug-likeness (QED) is 0.348. The summed E-state index contributed by atoms with van der Waals surface area (Å²) in [4.78, 5) is 1.32. The van der Waals surface area contributed by atoms with Crippen molar-refractivity contribution in [3.63, 3.8) is 0 Å². The van der Waals surface area contributed by atoms with Crippen LogP contribution in [0.5, 0.6) is 0 Å². The molecule has 2 N–H and O–H groups in total. The van der Waals surface area contributed by atoms with E-state index in [4.69, 9.17) is 0 Å². The Labute approximate surface area is 157 Å². The summed E-state index contributed by atoms with van der Waals surface area (Å²) < 4.78 is 0. The Morgan fingerprint density at radius 3 is 2.40 bits per heavy atom. The van der Waals surface area contributed by atoms with Crippen LogP contribution in [0.3, 0.4) is 0 Å². The second-order valence-corrected chi connectivity index (χ2v) is 8.22. The molecule has 3 heteroatoms. The molecule has 0 aromatic heterocycles. The monoisotopic (exact) mass is 356 g/mol. The van der Waals surface area contributed by atoms with Crippen LogP contribution in [0, 0.1) is 5.92 Å². The van der Waals surface area contributed by atoms with Gasteiger partial charge in [0.05, 0.1) is 5.69 Å². The molecule has 1 atom stereocenters. The molecule has 0 aliphatic heterocycles. The number of nitrogens with one attached hydrogen (secondary N) is 2. The summed E-state index contributed by atoms with van der Waals surface area (Å²) in [6, 6.07) is 17.6. The van der Waals surface area contributed by atoms with Gasteiger partial charge in [0.2, 0.25) is 0 Å². The highest BCUT2D eigenvalue weighted by atomic mass is 32.2. The highest BCUT2D eigenvalue weighted by molar-refractivity contribution is 7.99. The summed E-state index contributed by atoms with van der Waals surface area (Å²) in [5.41, 5.74) is 3.54. The van der Waals surface area contributed by atoms with Crippen molar-refractivity contribution in [2.45, 2.75) is 57.9 Å². The van der Waals surface area contributed by atoms with Crippen molar-refractivity contribution in [2.75, 3.05) is 16.4 Å². The molecule has 0 saturated heterocycles. The lowest BCUT2D eigenvalue weighted by molar-refractivity contribution is 0.540. The van der Waals surface area contributed by atoms with Gasteiger partial charge in [0, 0.05) is 22.3 Å². The van der Waals surface area contributed by atoms with Crippen molar-refractivity contribution in [1.82, 2.24) is 0 Å². The lowest BCUT2D eigenvalue weighted by atomic mass is 10.1. The fourth-order valence-corrected chi connectivity index (χ4v) is 4.03. The number of hydrogen-bond donors (Lipinski definition) is 2. The summed E-state index contributed by atoms with van der Waals surface area (Å²) >= 11 is 1.94. The number of para-hydroxylation sites is 1. The Hall–Kier alpha value is -1.61. The molecule has 2 aromatic carbocycles. The highest BCUT2D eigenvalue weighted by Gasteiger charge is 2.09. The van der Waals surface area contributed by atoms with Gasteiger partial charge in [-0.1, -0.05) is 45.4 Å². The van der Waals surface area contributed by atoms with Crippen LogP contribution in [0.1, 0.15) is 47.0 Å². The number of rotatable bonds is 10. The maximum Gasteiger partial charge on any atom is 0.0523 e. The van der Waals surface area contributed by atoms with Crippen molar-refractivity contribution in [2.24, 2.45) is 5.92 Å². The van der Waals surface area contributed by atoms with Crippen LogP contribution in [-0.4, -0.2) is 11.8 Å². The molecule has 0 aliphatic carbocycles. The third-order valence-electron chi connectivity index (χ3n) is 4.03. The van der Waals surface area contributed by atoms with E-state index in [-0.39, 0.29) is 0 Å². The molecular formula is C22H32N2S. The van der Waals surface area contributed by atoms with Crippen molar-refractivity contribution >= 4 is 28.8 Å². The van der Waals surface area contributed by atoms with E-state index in [0.717, 1.165) is 11.4 Å². The Kier molecular flexibility index (Phi) is 8.20. The Morgan fingerprint density at radius 1 is 0.960 bits per heavy atom. The maximum atomic E-state index is 3.65. The molecule has 0 heterocycles. The molecule has 0 radical (unpaired) electrons. The molecule has 2 nitrogen and oxygen atoms in total. The van der Waals surface area contributed by atoms with Gasteiger partial charge in [-0.3, -0.25) is 0 Å². The number of anilines is 3. The average Bonchev–Trinajstić information content (AvgIpc) is 2.57. The van der Waals surface area contributed by atoms with Gasteiger partial charge < -0.3 is 10.6 Å². The normalized spacial score (nSPS) is 12.2. The predicted octanol–water partition coefficient (Wildman–Crippen LogP) is 7.17. The second kappa shape index (κ2) is 10.4. The van der Waals surface area contributed by atoms with Gasteiger partial charge in [-0.15, -0.1) is 11.8 Å². The van der Waals surface area contributed by atoms with Crippen LogP contribution in [-0.2, 0) is 0 Å². The summed E-state index contributed by atoms with van der Waals surface area (Å²) in [5, 5.41) is 7.22. The van der Waals surface area contributed by atoms with E-state index in [0.29, 0.717) is 12.0 Å². The minimum atomic E-state index is 0.487. The van der Waals surface area contributed by atoms with Gasteiger partial charge in [-0.05, 0) is 61.8 Å². The number of thioether (sulfide) groups is 1. The summed E-state index contributed by atoms with van der Waals surface area (Å²) in [5.74, 6) is 1.87. The van der Waals surface area contributed by atoms with Crippen molar-refractivity contribution in [3.05, 3.63) is 48.5 Å². The van der Waals surface area contributed by atoms with Crippen LogP contribution < -0.4 is 10.6 Å². The number of benzene rings is 2. The lowest BCUT2D eigenvalue weighted by Gasteiger charge is -2.19. The molecule has 2 rings (SSSR count). The largest absolute Gasteiger partial charge is 0.383 e. The predicted molar refractivity (Wildman–Crippen MR) is 114 cm³/mol. The van der Waals surface area contributed by atoms with Gasteiger partial charge in [-0.2, -0.15) is 0 Å².